The number of nitrogens with one attached hydrogen (secondary N) is 1. The van der Waals surface area contributed by atoms with Gasteiger partial charge in [-0.15, -0.1) is 0 Å². The Morgan fingerprint density at radius 3 is 2.86 bits per heavy atom. The van der Waals surface area contributed by atoms with E-state index in [1.54, 1.807) is 48.7 Å². The molecule has 0 saturated heterocycles. The number of rotatable bonds is 4. The van der Waals surface area contributed by atoms with Crippen LogP contribution in [-0.4, -0.2) is 17.5 Å². The van der Waals surface area contributed by atoms with Gasteiger partial charge in [0, 0.05) is 23.7 Å². The lowest BCUT2D eigenvalue weighted by Gasteiger charge is -2.07. The SMILES string of the molecule is O=C(COc1ccc2ccc(=O)oc2c1)Nc1ccccn1. The third-order valence-electron chi connectivity index (χ3n) is 2.90. The minimum absolute atomic E-state index is 0.168. The topological polar surface area (TPSA) is 81.4 Å². The molecule has 0 atom stereocenters. The summed E-state index contributed by atoms with van der Waals surface area (Å²) in [6.45, 7) is -0.168. The molecule has 6 heteroatoms. The Hall–Kier alpha value is -3.15. The Balaban J connectivity index is 1.66. The number of hydrogen-bond acceptors (Lipinski definition) is 5. The van der Waals surface area contributed by atoms with Crippen LogP contribution in [0.4, 0.5) is 5.82 Å². The van der Waals surface area contributed by atoms with Crippen molar-refractivity contribution in [3.8, 4) is 5.75 Å². The molecule has 0 spiro atoms. The molecule has 0 bridgehead atoms. The van der Waals surface area contributed by atoms with Crippen LogP contribution in [0, 0.1) is 0 Å². The van der Waals surface area contributed by atoms with Gasteiger partial charge in [-0.3, -0.25) is 4.79 Å². The van der Waals surface area contributed by atoms with Gasteiger partial charge < -0.3 is 14.5 Å². The molecule has 1 aromatic carbocycles. The predicted octanol–water partition coefficient (Wildman–Crippen LogP) is 2.21. The van der Waals surface area contributed by atoms with Crippen LogP contribution < -0.4 is 15.7 Å². The van der Waals surface area contributed by atoms with Gasteiger partial charge in [-0.25, -0.2) is 9.78 Å². The Labute approximate surface area is 125 Å². The average Bonchev–Trinajstić information content (AvgIpc) is 2.53. The van der Waals surface area contributed by atoms with Crippen LogP contribution in [0.1, 0.15) is 0 Å². The quantitative estimate of drug-likeness (QED) is 0.746. The van der Waals surface area contributed by atoms with Crippen LogP contribution in [0.3, 0.4) is 0 Å². The molecule has 22 heavy (non-hydrogen) atoms. The Morgan fingerprint density at radius 2 is 2.05 bits per heavy atom. The maximum Gasteiger partial charge on any atom is 0.336 e. The highest BCUT2D eigenvalue weighted by Gasteiger charge is 2.05. The fraction of sp³-hybridized carbons (Fsp3) is 0.0625. The number of ether oxygens (including phenoxy) is 1. The van der Waals surface area contributed by atoms with Crippen LogP contribution in [0.5, 0.6) is 5.75 Å². The largest absolute Gasteiger partial charge is 0.484 e. The fourth-order valence-corrected chi connectivity index (χ4v) is 1.90. The zero-order chi connectivity index (χ0) is 15.4. The lowest BCUT2D eigenvalue weighted by Crippen LogP contribution is -2.20. The number of hydrogen-bond donors (Lipinski definition) is 1. The van der Waals surface area contributed by atoms with Crippen LogP contribution in [0.2, 0.25) is 0 Å². The van der Waals surface area contributed by atoms with Gasteiger partial charge in [-0.1, -0.05) is 6.07 Å². The summed E-state index contributed by atoms with van der Waals surface area (Å²) in [6, 6.07) is 13.3. The van der Waals surface area contributed by atoms with Crippen LogP contribution in [-0.2, 0) is 4.79 Å². The molecule has 0 unspecified atom stereocenters. The number of anilines is 1. The van der Waals surface area contributed by atoms with Crippen molar-refractivity contribution < 1.29 is 13.9 Å². The van der Waals surface area contributed by atoms with E-state index in [4.69, 9.17) is 9.15 Å². The third-order valence-corrected chi connectivity index (χ3v) is 2.90. The molecule has 2 aromatic heterocycles. The molecule has 1 amide bonds. The van der Waals surface area contributed by atoms with E-state index in [0.717, 1.165) is 5.39 Å². The van der Waals surface area contributed by atoms with Crippen molar-refractivity contribution in [1.82, 2.24) is 4.98 Å². The highest BCUT2D eigenvalue weighted by molar-refractivity contribution is 5.91. The molecular weight excluding hydrogens is 284 g/mol. The maximum absolute atomic E-state index is 11.8. The smallest absolute Gasteiger partial charge is 0.336 e. The maximum atomic E-state index is 11.8. The van der Waals surface area contributed by atoms with Crippen molar-refractivity contribution in [1.29, 1.82) is 0 Å². The molecule has 3 rings (SSSR count). The van der Waals surface area contributed by atoms with Gasteiger partial charge in [0.2, 0.25) is 0 Å². The van der Waals surface area contributed by atoms with Gasteiger partial charge >= 0.3 is 5.63 Å². The summed E-state index contributed by atoms with van der Waals surface area (Å²) >= 11 is 0. The molecule has 1 N–H and O–H groups in total. The Morgan fingerprint density at radius 1 is 1.18 bits per heavy atom. The van der Waals surface area contributed by atoms with Crippen molar-refractivity contribution in [2.45, 2.75) is 0 Å². The monoisotopic (exact) mass is 296 g/mol. The molecule has 0 saturated carbocycles. The van der Waals surface area contributed by atoms with Gasteiger partial charge in [0.25, 0.3) is 5.91 Å². The van der Waals surface area contributed by atoms with Crippen molar-refractivity contribution in [3.05, 3.63) is 65.1 Å². The molecule has 0 aliphatic carbocycles. The predicted molar refractivity (Wildman–Crippen MR) is 80.8 cm³/mol. The van der Waals surface area contributed by atoms with Gasteiger partial charge in [-0.05, 0) is 30.3 Å². The summed E-state index contributed by atoms with van der Waals surface area (Å²) in [5.74, 6) is 0.576. The molecule has 3 aromatic rings. The van der Waals surface area contributed by atoms with Crippen molar-refractivity contribution >= 4 is 22.7 Å². The second-order valence-corrected chi connectivity index (χ2v) is 4.51. The molecule has 6 nitrogen and oxygen atoms in total. The summed E-state index contributed by atoms with van der Waals surface area (Å²) in [5, 5.41) is 3.39. The second kappa shape index (κ2) is 6.09. The van der Waals surface area contributed by atoms with E-state index in [1.165, 1.54) is 6.07 Å². The third kappa shape index (κ3) is 3.29. The number of carbonyl (C=O) groups excluding carboxylic acids is 1. The molecule has 0 aliphatic rings. The standard InChI is InChI=1S/C16H12N2O4/c19-15(18-14-3-1-2-8-17-14)10-21-12-6-4-11-5-7-16(20)22-13(11)9-12/h1-9H,10H2,(H,17,18,19). The lowest BCUT2D eigenvalue weighted by atomic mass is 10.2. The summed E-state index contributed by atoms with van der Waals surface area (Å²) in [6.07, 6.45) is 1.59. The van der Waals surface area contributed by atoms with Gasteiger partial charge in [0.1, 0.15) is 17.2 Å². The fourth-order valence-electron chi connectivity index (χ4n) is 1.90. The first-order chi connectivity index (χ1) is 10.7. The zero-order valence-corrected chi connectivity index (χ0v) is 11.5. The van der Waals surface area contributed by atoms with E-state index in [9.17, 15) is 9.59 Å². The number of benzene rings is 1. The lowest BCUT2D eigenvalue weighted by molar-refractivity contribution is -0.118. The van der Waals surface area contributed by atoms with E-state index in [2.05, 4.69) is 10.3 Å². The number of aromatic nitrogens is 1. The molecular formula is C16H12N2O4. The average molecular weight is 296 g/mol. The van der Waals surface area contributed by atoms with Crippen molar-refractivity contribution in [2.24, 2.45) is 0 Å². The van der Waals surface area contributed by atoms with Crippen LogP contribution >= 0.6 is 0 Å². The number of carbonyl (C=O) groups is 1. The molecule has 0 aliphatic heterocycles. The highest BCUT2D eigenvalue weighted by Crippen LogP contribution is 2.19. The van der Waals surface area contributed by atoms with Gasteiger partial charge in [0.15, 0.2) is 6.61 Å². The Bertz CT molecular complexity index is 859. The normalized spacial score (nSPS) is 10.4. The molecule has 0 radical (unpaired) electrons. The molecule has 110 valence electrons. The number of nitrogens with zero attached hydrogens (tertiary/aromatic N) is 1. The van der Waals surface area contributed by atoms with E-state index in [1.807, 2.05) is 0 Å². The number of pyridine rings is 1. The summed E-state index contributed by atoms with van der Waals surface area (Å²) < 4.78 is 10.4. The van der Waals surface area contributed by atoms with E-state index < -0.39 is 5.63 Å². The molecule has 0 fully saturated rings. The first-order valence-electron chi connectivity index (χ1n) is 6.58. The van der Waals surface area contributed by atoms with Crippen molar-refractivity contribution in [3.63, 3.8) is 0 Å². The summed E-state index contributed by atoms with van der Waals surface area (Å²) in [7, 11) is 0. The van der Waals surface area contributed by atoms with Crippen LogP contribution in [0.15, 0.2) is 63.9 Å². The zero-order valence-electron chi connectivity index (χ0n) is 11.5. The second-order valence-electron chi connectivity index (χ2n) is 4.51. The van der Waals surface area contributed by atoms with E-state index in [-0.39, 0.29) is 12.5 Å². The van der Waals surface area contributed by atoms with E-state index in [0.29, 0.717) is 17.2 Å². The Kier molecular flexibility index (Phi) is 3.82. The highest BCUT2D eigenvalue weighted by atomic mass is 16.5. The molecule has 2 heterocycles. The van der Waals surface area contributed by atoms with Crippen LogP contribution in [0.25, 0.3) is 11.0 Å². The first kappa shape index (κ1) is 13.8. The summed E-state index contributed by atoms with van der Waals surface area (Å²) in [5.41, 5.74) is -0.0207. The minimum Gasteiger partial charge on any atom is -0.484 e. The number of fused-ring (bicyclic) bond motifs is 1. The summed E-state index contributed by atoms with van der Waals surface area (Å²) in [4.78, 5) is 26.9. The van der Waals surface area contributed by atoms with Gasteiger partial charge in [-0.2, -0.15) is 0 Å². The van der Waals surface area contributed by atoms with E-state index >= 15 is 0 Å². The van der Waals surface area contributed by atoms with Gasteiger partial charge in [0.05, 0.1) is 0 Å². The number of amides is 1. The van der Waals surface area contributed by atoms with Crippen molar-refractivity contribution in [2.75, 3.05) is 11.9 Å². The minimum atomic E-state index is -0.433. The first-order valence-corrected chi connectivity index (χ1v) is 6.58.